The summed E-state index contributed by atoms with van der Waals surface area (Å²) in [6.45, 7) is 0.954. The molecule has 2 fully saturated rings. The number of nitrogens with zero attached hydrogens (tertiary/aromatic N) is 2. The second-order valence-corrected chi connectivity index (χ2v) is 6.72. The third-order valence-corrected chi connectivity index (χ3v) is 5.59. The minimum absolute atomic E-state index is 0.228. The molecule has 0 aromatic heterocycles. The molecule has 2 atom stereocenters. The lowest BCUT2D eigenvalue weighted by Gasteiger charge is -2.45. The number of nitro groups is 1. The SMILES string of the molecule is O=[N+]([O-])c1cc(CBr)ccc1N1CCC[C@H]2CCCC[C@H]21. The Hall–Kier alpha value is -1.10. The molecule has 0 amide bonds. The molecule has 0 unspecified atom stereocenters. The van der Waals surface area contributed by atoms with Crippen LogP contribution in [0.2, 0.25) is 0 Å². The van der Waals surface area contributed by atoms with Crippen molar-refractivity contribution in [3.05, 3.63) is 33.9 Å². The van der Waals surface area contributed by atoms with E-state index in [0.29, 0.717) is 11.4 Å². The molecule has 1 saturated carbocycles. The Morgan fingerprint density at radius 3 is 2.76 bits per heavy atom. The van der Waals surface area contributed by atoms with E-state index in [1.807, 2.05) is 12.1 Å². The fourth-order valence-corrected chi connectivity index (χ4v) is 4.31. The van der Waals surface area contributed by atoms with Gasteiger partial charge in [-0.05, 0) is 43.2 Å². The number of alkyl halides is 1. The third kappa shape index (κ3) is 2.93. The lowest BCUT2D eigenvalue weighted by molar-refractivity contribution is -0.384. The van der Waals surface area contributed by atoms with E-state index in [0.717, 1.165) is 30.1 Å². The van der Waals surface area contributed by atoms with Crippen LogP contribution >= 0.6 is 15.9 Å². The molecule has 0 N–H and O–H groups in total. The van der Waals surface area contributed by atoms with Gasteiger partial charge >= 0.3 is 0 Å². The van der Waals surface area contributed by atoms with Crippen molar-refractivity contribution in [2.45, 2.75) is 49.9 Å². The highest BCUT2D eigenvalue weighted by Gasteiger charge is 2.35. The zero-order chi connectivity index (χ0) is 14.8. The summed E-state index contributed by atoms with van der Waals surface area (Å²) in [6, 6.07) is 6.17. The monoisotopic (exact) mass is 352 g/mol. The van der Waals surface area contributed by atoms with E-state index in [9.17, 15) is 10.1 Å². The molecule has 4 nitrogen and oxygen atoms in total. The molecule has 21 heavy (non-hydrogen) atoms. The Labute approximate surface area is 133 Å². The van der Waals surface area contributed by atoms with Gasteiger partial charge in [0.1, 0.15) is 5.69 Å². The molecule has 114 valence electrons. The van der Waals surface area contributed by atoms with Crippen molar-refractivity contribution in [1.82, 2.24) is 0 Å². The first-order chi connectivity index (χ1) is 10.2. The van der Waals surface area contributed by atoms with Gasteiger partial charge in [0.05, 0.1) is 4.92 Å². The van der Waals surface area contributed by atoms with Crippen molar-refractivity contribution in [2.24, 2.45) is 5.92 Å². The zero-order valence-corrected chi connectivity index (χ0v) is 13.7. The minimum atomic E-state index is -0.228. The molecule has 2 aliphatic rings. The van der Waals surface area contributed by atoms with Gasteiger partial charge in [-0.15, -0.1) is 0 Å². The van der Waals surface area contributed by atoms with E-state index in [2.05, 4.69) is 20.8 Å². The third-order valence-electron chi connectivity index (χ3n) is 4.94. The van der Waals surface area contributed by atoms with Crippen LogP contribution in [0.3, 0.4) is 0 Å². The zero-order valence-electron chi connectivity index (χ0n) is 12.1. The Balaban J connectivity index is 1.96. The highest BCUT2D eigenvalue weighted by atomic mass is 79.9. The summed E-state index contributed by atoms with van der Waals surface area (Å²) in [4.78, 5) is 13.6. The van der Waals surface area contributed by atoms with Crippen LogP contribution in [0, 0.1) is 16.0 Å². The molecule has 0 spiro atoms. The summed E-state index contributed by atoms with van der Waals surface area (Å²) in [6.07, 6.45) is 7.48. The Morgan fingerprint density at radius 2 is 2.00 bits per heavy atom. The maximum atomic E-state index is 11.5. The number of halogens is 1. The van der Waals surface area contributed by atoms with Gasteiger partial charge in [0.2, 0.25) is 0 Å². The molecule has 1 aliphatic carbocycles. The molecule has 0 radical (unpaired) electrons. The summed E-state index contributed by atoms with van der Waals surface area (Å²) in [5.74, 6) is 0.725. The summed E-state index contributed by atoms with van der Waals surface area (Å²) < 4.78 is 0. The standard InChI is InChI=1S/C16H21BrN2O2/c17-11-12-7-8-15(16(10-12)19(20)21)18-9-3-5-13-4-1-2-6-14(13)18/h7-8,10,13-14H,1-6,9,11H2/t13-,14-/m1/s1. The Kier molecular flexibility index (Phi) is 4.48. The normalized spacial score (nSPS) is 25.5. The van der Waals surface area contributed by atoms with Crippen molar-refractivity contribution in [3.8, 4) is 0 Å². The van der Waals surface area contributed by atoms with Gasteiger partial charge in [0, 0.05) is 24.0 Å². The van der Waals surface area contributed by atoms with Crippen molar-refractivity contribution >= 4 is 27.3 Å². The second-order valence-electron chi connectivity index (χ2n) is 6.16. The van der Waals surface area contributed by atoms with Crippen LogP contribution in [0.25, 0.3) is 0 Å². The number of anilines is 1. The average Bonchev–Trinajstić information content (AvgIpc) is 2.53. The lowest BCUT2D eigenvalue weighted by atomic mass is 9.78. The molecular weight excluding hydrogens is 332 g/mol. The molecule has 1 aliphatic heterocycles. The number of nitro benzene ring substituents is 1. The number of benzene rings is 1. The number of fused-ring (bicyclic) bond motifs is 1. The van der Waals surface area contributed by atoms with Gasteiger partial charge in [-0.3, -0.25) is 10.1 Å². The smallest absolute Gasteiger partial charge is 0.292 e. The fraction of sp³-hybridized carbons (Fsp3) is 0.625. The number of hydrogen-bond donors (Lipinski definition) is 0. The maximum absolute atomic E-state index is 11.5. The van der Waals surface area contributed by atoms with Crippen molar-refractivity contribution in [2.75, 3.05) is 11.4 Å². The van der Waals surface area contributed by atoms with Gasteiger partial charge in [-0.1, -0.05) is 34.8 Å². The van der Waals surface area contributed by atoms with E-state index < -0.39 is 0 Å². The summed E-state index contributed by atoms with van der Waals surface area (Å²) in [7, 11) is 0. The maximum Gasteiger partial charge on any atom is 0.292 e. The summed E-state index contributed by atoms with van der Waals surface area (Å²) >= 11 is 3.38. The highest BCUT2D eigenvalue weighted by molar-refractivity contribution is 9.08. The number of rotatable bonds is 3. The second kappa shape index (κ2) is 6.34. The van der Waals surface area contributed by atoms with Crippen molar-refractivity contribution < 1.29 is 4.92 Å². The Morgan fingerprint density at radius 1 is 1.24 bits per heavy atom. The largest absolute Gasteiger partial charge is 0.363 e. The van der Waals surface area contributed by atoms with Crippen LogP contribution in [0.15, 0.2) is 18.2 Å². The predicted octanol–water partition coefficient (Wildman–Crippen LogP) is 4.65. The van der Waals surface area contributed by atoms with Crippen LogP contribution in [-0.4, -0.2) is 17.5 Å². The van der Waals surface area contributed by atoms with Crippen LogP contribution in [0.4, 0.5) is 11.4 Å². The van der Waals surface area contributed by atoms with Gasteiger partial charge in [0.25, 0.3) is 5.69 Å². The van der Waals surface area contributed by atoms with Gasteiger partial charge in [0.15, 0.2) is 0 Å². The molecule has 1 aromatic carbocycles. The molecule has 1 heterocycles. The summed E-state index contributed by atoms with van der Waals surface area (Å²) in [5.41, 5.74) is 2.04. The van der Waals surface area contributed by atoms with E-state index >= 15 is 0 Å². The molecule has 0 bridgehead atoms. The Bertz CT molecular complexity index is 533. The topological polar surface area (TPSA) is 46.4 Å². The van der Waals surface area contributed by atoms with Crippen molar-refractivity contribution in [3.63, 3.8) is 0 Å². The van der Waals surface area contributed by atoms with Crippen LogP contribution in [-0.2, 0) is 5.33 Å². The quantitative estimate of drug-likeness (QED) is 0.451. The van der Waals surface area contributed by atoms with Crippen LogP contribution in [0.1, 0.15) is 44.1 Å². The first kappa shape index (κ1) is 14.8. The van der Waals surface area contributed by atoms with Crippen molar-refractivity contribution in [1.29, 1.82) is 0 Å². The van der Waals surface area contributed by atoms with Gasteiger partial charge in [-0.2, -0.15) is 0 Å². The number of piperidine rings is 1. The first-order valence-corrected chi connectivity index (χ1v) is 8.93. The summed E-state index contributed by atoms with van der Waals surface area (Å²) in [5, 5.41) is 12.1. The first-order valence-electron chi connectivity index (χ1n) is 7.80. The molecular formula is C16H21BrN2O2. The van der Waals surface area contributed by atoms with Gasteiger partial charge in [-0.25, -0.2) is 0 Å². The van der Waals surface area contributed by atoms with E-state index in [4.69, 9.17) is 0 Å². The molecule has 3 rings (SSSR count). The van der Waals surface area contributed by atoms with E-state index in [1.54, 1.807) is 6.07 Å². The predicted molar refractivity (Wildman–Crippen MR) is 88.1 cm³/mol. The van der Waals surface area contributed by atoms with E-state index in [1.165, 1.54) is 32.1 Å². The average molecular weight is 353 g/mol. The van der Waals surface area contributed by atoms with E-state index in [-0.39, 0.29) is 10.6 Å². The minimum Gasteiger partial charge on any atom is -0.363 e. The lowest BCUT2D eigenvalue weighted by Crippen LogP contribution is -2.47. The molecule has 1 saturated heterocycles. The number of hydrogen-bond acceptors (Lipinski definition) is 3. The molecule has 1 aromatic rings. The van der Waals surface area contributed by atoms with Crippen LogP contribution in [0.5, 0.6) is 0 Å². The molecule has 5 heteroatoms. The van der Waals surface area contributed by atoms with Crippen LogP contribution < -0.4 is 4.90 Å². The highest BCUT2D eigenvalue weighted by Crippen LogP contribution is 2.41. The fourth-order valence-electron chi connectivity index (χ4n) is 3.97. The van der Waals surface area contributed by atoms with Gasteiger partial charge < -0.3 is 4.90 Å².